The van der Waals surface area contributed by atoms with Crippen LogP contribution in [-0.2, 0) is 11.0 Å². The number of alkyl halides is 3. The van der Waals surface area contributed by atoms with E-state index in [4.69, 9.17) is 5.73 Å². The van der Waals surface area contributed by atoms with Gasteiger partial charge in [0.05, 0.1) is 11.6 Å². The fourth-order valence-corrected chi connectivity index (χ4v) is 0.987. The van der Waals surface area contributed by atoms with Gasteiger partial charge in [-0.1, -0.05) is 0 Å². The zero-order chi connectivity index (χ0) is 13.2. The minimum atomic E-state index is -4.60. The molecule has 1 rings (SSSR count). The molecular formula is C9H11ClF3N3O2. The van der Waals surface area contributed by atoms with Crippen molar-refractivity contribution in [3.8, 4) is 0 Å². The third kappa shape index (κ3) is 4.04. The van der Waals surface area contributed by atoms with E-state index in [1.54, 1.807) is 0 Å². The van der Waals surface area contributed by atoms with Crippen LogP contribution in [0.4, 0.5) is 18.9 Å². The van der Waals surface area contributed by atoms with E-state index >= 15 is 0 Å². The van der Waals surface area contributed by atoms with Gasteiger partial charge in [-0.2, -0.15) is 13.2 Å². The van der Waals surface area contributed by atoms with Crippen molar-refractivity contribution in [3.63, 3.8) is 0 Å². The minimum absolute atomic E-state index is 0. The first-order valence-electron chi connectivity index (χ1n) is 4.58. The molecule has 1 heterocycles. The second-order valence-electron chi connectivity index (χ2n) is 3.41. The highest BCUT2D eigenvalue weighted by molar-refractivity contribution is 5.94. The molecular weight excluding hydrogens is 275 g/mol. The molecule has 1 aromatic rings. The van der Waals surface area contributed by atoms with Crippen molar-refractivity contribution in [2.45, 2.75) is 19.1 Å². The SMILES string of the molecule is C[C@H](N)C(=O)Nc1cc(C(F)(F)F)c[nH]c1=O.Cl. The van der Waals surface area contributed by atoms with E-state index in [2.05, 4.69) is 0 Å². The summed E-state index contributed by atoms with van der Waals surface area (Å²) in [5.74, 6) is -0.741. The maximum atomic E-state index is 12.3. The number of carbonyl (C=O) groups is 1. The average Bonchev–Trinajstić information content (AvgIpc) is 2.19. The minimum Gasteiger partial charge on any atom is -0.327 e. The zero-order valence-electron chi connectivity index (χ0n) is 9.17. The summed E-state index contributed by atoms with van der Waals surface area (Å²) in [6, 6.07) is -0.372. The molecule has 0 aliphatic rings. The highest BCUT2D eigenvalue weighted by Crippen LogP contribution is 2.29. The lowest BCUT2D eigenvalue weighted by atomic mass is 10.2. The van der Waals surface area contributed by atoms with Gasteiger partial charge in [-0.3, -0.25) is 9.59 Å². The van der Waals surface area contributed by atoms with Crippen LogP contribution < -0.4 is 16.6 Å². The molecule has 0 aliphatic carbocycles. The molecule has 1 atom stereocenters. The van der Waals surface area contributed by atoms with Gasteiger partial charge < -0.3 is 16.0 Å². The maximum absolute atomic E-state index is 12.3. The molecule has 4 N–H and O–H groups in total. The predicted molar refractivity (Wildman–Crippen MR) is 61.6 cm³/mol. The third-order valence-corrected chi connectivity index (χ3v) is 1.90. The second-order valence-corrected chi connectivity index (χ2v) is 3.41. The van der Waals surface area contributed by atoms with Gasteiger partial charge in [0.25, 0.3) is 5.56 Å². The van der Waals surface area contributed by atoms with Crippen LogP contribution >= 0.6 is 12.4 Å². The number of hydrogen-bond acceptors (Lipinski definition) is 3. The van der Waals surface area contributed by atoms with Gasteiger partial charge in [-0.25, -0.2) is 0 Å². The van der Waals surface area contributed by atoms with Crippen LogP contribution in [0.5, 0.6) is 0 Å². The number of halogens is 4. The molecule has 0 aromatic carbocycles. The van der Waals surface area contributed by atoms with E-state index in [9.17, 15) is 22.8 Å². The summed E-state index contributed by atoms with van der Waals surface area (Å²) in [4.78, 5) is 24.2. The standard InChI is InChI=1S/C9H10F3N3O2.ClH/c1-4(13)7(16)15-6-2-5(9(10,11)12)3-14-8(6)17;/h2-4H,13H2,1H3,(H,14,17)(H,15,16);1H/t4-;/m0./s1. The number of rotatable bonds is 2. The smallest absolute Gasteiger partial charge is 0.327 e. The summed E-state index contributed by atoms with van der Waals surface area (Å²) in [6.45, 7) is 1.34. The lowest BCUT2D eigenvalue weighted by molar-refractivity contribution is -0.137. The van der Waals surface area contributed by atoms with Crippen LogP contribution in [0.15, 0.2) is 17.1 Å². The molecule has 18 heavy (non-hydrogen) atoms. The highest BCUT2D eigenvalue weighted by atomic mass is 35.5. The number of aromatic amines is 1. The van der Waals surface area contributed by atoms with E-state index in [0.717, 1.165) is 0 Å². The van der Waals surface area contributed by atoms with E-state index in [1.165, 1.54) is 6.92 Å². The fourth-order valence-electron chi connectivity index (χ4n) is 0.987. The van der Waals surface area contributed by atoms with Gasteiger partial charge in [0.1, 0.15) is 5.69 Å². The second kappa shape index (κ2) is 5.87. The Balaban J connectivity index is 0.00000289. The number of aromatic nitrogens is 1. The number of H-pyrrole nitrogens is 1. The Labute approximate surface area is 106 Å². The van der Waals surface area contributed by atoms with Gasteiger partial charge >= 0.3 is 6.18 Å². The van der Waals surface area contributed by atoms with Crippen LogP contribution in [0.1, 0.15) is 12.5 Å². The Morgan fingerprint density at radius 3 is 2.50 bits per heavy atom. The van der Waals surface area contributed by atoms with Crippen molar-refractivity contribution in [2.24, 2.45) is 5.73 Å². The molecule has 9 heteroatoms. The van der Waals surface area contributed by atoms with E-state index in [-0.39, 0.29) is 12.4 Å². The van der Waals surface area contributed by atoms with Gasteiger partial charge in [-0.05, 0) is 13.0 Å². The van der Waals surface area contributed by atoms with Gasteiger partial charge in [0, 0.05) is 6.20 Å². The van der Waals surface area contributed by atoms with Gasteiger partial charge in [0.15, 0.2) is 0 Å². The van der Waals surface area contributed by atoms with Crippen molar-refractivity contribution in [1.29, 1.82) is 0 Å². The molecule has 0 spiro atoms. The molecule has 0 saturated heterocycles. The Bertz CT molecular complexity index is 485. The van der Waals surface area contributed by atoms with Crippen LogP contribution in [0.25, 0.3) is 0 Å². The van der Waals surface area contributed by atoms with Crippen LogP contribution in [0, 0.1) is 0 Å². The van der Waals surface area contributed by atoms with Crippen molar-refractivity contribution in [2.75, 3.05) is 5.32 Å². The van der Waals surface area contributed by atoms with Crippen molar-refractivity contribution < 1.29 is 18.0 Å². The normalized spacial score (nSPS) is 12.5. The lowest BCUT2D eigenvalue weighted by Crippen LogP contribution is -2.34. The molecule has 0 saturated carbocycles. The van der Waals surface area contributed by atoms with E-state index in [0.29, 0.717) is 12.3 Å². The van der Waals surface area contributed by atoms with Crippen LogP contribution in [0.3, 0.4) is 0 Å². The largest absolute Gasteiger partial charge is 0.417 e. The summed E-state index contributed by atoms with van der Waals surface area (Å²) >= 11 is 0. The Kier molecular flexibility index (Phi) is 5.37. The number of nitrogens with one attached hydrogen (secondary N) is 2. The molecule has 1 amide bonds. The summed E-state index contributed by atoms with van der Waals surface area (Å²) in [7, 11) is 0. The van der Waals surface area contributed by atoms with Gasteiger partial charge in [-0.15, -0.1) is 12.4 Å². The highest BCUT2D eigenvalue weighted by Gasteiger charge is 2.31. The van der Waals surface area contributed by atoms with Crippen molar-refractivity contribution >= 4 is 24.0 Å². The Morgan fingerprint density at radius 1 is 1.50 bits per heavy atom. The first-order chi connectivity index (χ1) is 7.71. The molecule has 0 fully saturated rings. The van der Waals surface area contributed by atoms with Crippen LogP contribution in [-0.4, -0.2) is 16.9 Å². The molecule has 0 aliphatic heterocycles. The number of nitrogens with two attached hydrogens (primary N) is 1. The monoisotopic (exact) mass is 285 g/mol. The molecule has 102 valence electrons. The first-order valence-corrected chi connectivity index (χ1v) is 4.58. The van der Waals surface area contributed by atoms with E-state index < -0.39 is 34.9 Å². The molecule has 0 unspecified atom stereocenters. The molecule has 0 bridgehead atoms. The zero-order valence-corrected chi connectivity index (χ0v) is 9.98. The predicted octanol–water partition coefficient (Wildman–Crippen LogP) is 1.10. The van der Waals surface area contributed by atoms with Crippen LogP contribution in [0.2, 0.25) is 0 Å². The summed E-state index contributed by atoms with van der Waals surface area (Å²) in [5.41, 5.74) is 2.84. The fraction of sp³-hybridized carbons (Fsp3) is 0.333. The maximum Gasteiger partial charge on any atom is 0.417 e. The van der Waals surface area contributed by atoms with Crippen molar-refractivity contribution in [3.05, 3.63) is 28.2 Å². The molecule has 1 aromatic heterocycles. The number of pyridine rings is 1. The number of hydrogen-bond donors (Lipinski definition) is 3. The first kappa shape index (κ1) is 16.5. The van der Waals surface area contributed by atoms with Crippen molar-refractivity contribution in [1.82, 2.24) is 4.98 Å². The van der Waals surface area contributed by atoms with Gasteiger partial charge in [0.2, 0.25) is 5.91 Å². The molecule has 0 radical (unpaired) electrons. The Hall–Kier alpha value is -1.54. The third-order valence-electron chi connectivity index (χ3n) is 1.90. The average molecular weight is 286 g/mol. The number of anilines is 1. The summed E-state index contributed by atoms with van der Waals surface area (Å²) in [5, 5.41) is 2.01. The number of amides is 1. The number of carbonyl (C=O) groups excluding carboxylic acids is 1. The summed E-state index contributed by atoms with van der Waals surface area (Å²) in [6.07, 6.45) is -4.07. The topological polar surface area (TPSA) is 88.0 Å². The molecule has 5 nitrogen and oxygen atoms in total. The Morgan fingerprint density at radius 2 is 2.06 bits per heavy atom. The quantitative estimate of drug-likeness (QED) is 0.760. The van der Waals surface area contributed by atoms with E-state index in [1.807, 2.05) is 10.3 Å². The summed E-state index contributed by atoms with van der Waals surface area (Å²) < 4.78 is 37.0. The lowest BCUT2D eigenvalue weighted by Gasteiger charge is -2.10.